The van der Waals surface area contributed by atoms with Crippen LogP contribution in [0.1, 0.15) is 6.92 Å². The fourth-order valence-corrected chi connectivity index (χ4v) is 0.949. The minimum absolute atomic E-state index is 0.553. The Morgan fingerprint density at radius 3 is 2.67 bits per heavy atom. The third kappa shape index (κ3) is 1.24. The lowest BCUT2D eigenvalue weighted by Crippen LogP contribution is -1.95. The predicted molar refractivity (Wildman–Crippen MR) is 38.4 cm³/mol. The van der Waals surface area contributed by atoms with Crippen molar-refractivity contribution in [1.29, 1.82) is 0 Å². The Morgan fingerprint density at radius 2 is 2.44 bits per heavy atom. The SMILES string of the molecule is CCn1nnc(Br)c1Cl. The van der Waals surface area contributed by atoms with E-state index in [0.717, 1.165) is 6.54 Å². The van der Waals surface area contributed by atoms with E-state index >= 15 is 0 Å². The molecule has 1 rings (SSSR count). The van der Waals surface area contributed by atoms with E-state index in [2.05, 4.69) is 26.2 Å². The van der Waals surface area contributed by atoms with Crippen LogP contribution in [0.25, 0.3) is 0 Å². The maximum Gasteiger partial charge on any atom is 0.167 e. The van der Waals surface area contributed by atoms with Crippen LogP contribution in [0.3, 0.4) is 0 Å². The van der Waals surface area contributed by atoms with Crippen molar-refractivity contribution in [3.05, 3.63) is 9.76 Å². The molecule has 1 aromatic heterocycles. The highest BCUT2D eigenvalue weighted by molar-refractivity contribution is 9.10. The van der Waals surface area contributed by atoms with Gasteiger partial charge in [-0.1, -0.05) is 16.8 Å². The second-order valence-corrected chi connectivity index (χ2v) is 2.60. The summed E-state index contributed by atoms with van der Waals surface area (Å²) in [7, 11) is 0. The molecular weight excluding hydrogens is 205 g/mol. The summed E-state index contributed by atoms with van der Waals surface area (Å²) in [5, 5.41) is 7.96. The Balaban J connectivity index is 3.04. The van der Waals surface area contributed by atoms with Crippen LogP contribution in [0.2, 0.25) is 5.15 Å². The monoisotopic (exact) mass is 209 g/mol. The van der Waals surface area contributed by atoms with Crippen LogP contribution >= 0.6 is 27.5 Å². The summed E-state index contributed by atoms with van der Waals surface area (Å²) >= 11 is 8.83. The summed E-state index contributed by atoms with van der Waals surface area (Å²) in [6, 6.07) is 0. The number of rotatable bonds is 1. The Morgan fingerprint density at radius 1 is 1.78 bits per heavy atom. The Labute approximate surface area is 66.1 Å². The zero-order valence-corrected chi connectivity index (χ0v) is 7.15. The molecule has 0 N–H and O–H groups in total. The molecule has 0 atom stereocenters. The summed E-state index contributed by atoms with van der Waals surface area (Å²) in [4.78, 5) is 0. The van der Waals surface area contributed by atoms with E-state index in [4.69, 9.17) is 11.6 Å². The highest BCUT2D eigenvalue weighted by atomic mass is 79.9. The average molecular weight is 210 g/mol. The van der Waals surface area contributed by atoms with Crippen LogP contribution in [-0.4, -0.2) is 15.0 Å². The molecule has 0 saturated heterocycles. The van der Waals surface area contributed by atoms with Gasteiger partial charge in [0.25, 0.3) is 0 Å². The minimum Gasteiger partial charge on any atom is -0.233 e. The Kier molecular flexibility index (Phi) is 2.08. The highest BCUT2D eigenvalue weighted by Crippen LogP contribution is 2.17. The van der Waals surface area contributed by atoms with Crippen LogP contribution in [0.15, 0.2) is 4.60 Å². The molecule has 0 aliphatic carbocycles. The van der Waals surface area contributed by atoms with Crippen molar-refractivity contribution in [2.45, 2.75) is 13.5 Å². The topological polar surface area (TPSA) is 30.7 Å². The second-order valence-electron chi connectivity index (χ2n) is 1.49. The summed E-state index contributed by atoms with van der Waals surface area (Å²) in [6.07, 6.45) is 0. The van der Waals surface area contributed by atoms with E-state index in [1.807, 2.05) is 6.92 Å². The molecule has 50 valence electrons. The lowest BCUT2D eigenvalue weighted by atomic mass is 10.7. The first-order valence-corrected chi connectivity index (χ1v) is 3.67. The Hall–Kier alpha value is -0.0900. The van der Waals surface area contributed by atoms with Crippen LogP contribution in [0.5, 0.6) is 0 Å². The van der Waals surface area contributed by atoms with E-state index in [9.17, 15) is 0 Å². The summed E-state index contributed by atoms with van der Waals surface area (Å²) in [6.45, 7) is 2.70. The van der Waals surface area contributed by atoms with Gasteiger partial charge in [-0.05, 0) is 22.9 Å². The molecule has 0 spiro atoms. The molecular formula is C4H5BrClN3. The van der Waals surface area contributed by atoms with Gasteiger partial charge in [-0.15, -0.1) is 5.10 Å². The number of nitrogens with zero attached hydrogens (tertiary/aromatic N) is 3. The molecule has 0 bridgehead atoms. The maximum absolute atomic E-state index is 5.70. The standard InChI is InChI=1S/C4H5BrClN3/c1-2-9-4(6)3(5)7-8-9/h2H2,1H3. The van der Waals surface area contributed by atoms with Gasteiger partial charge in [0.15, 0.2) is 9.76 Å². The van der Waals surface area contributed by atoms with Crippen molar-refractivity contribution >= 4 is 27.5 Å². The largest absolute Gasteiger partial charge is 0.233 e. The fourth-order valence-electron chi connectivity index (χ4n) is 0.482. The first kappa shape index (κ1) is 7.02. The zero-order chi connectivity index (χ0) is 6.85. The predicted octanol–water partition coefficient (Wildman–Crippen LogP) is 1.71. The molecule has 0 aliphatic rings. The van der Waals surface area contributed by atoms with Gasteiger partial charge in [-0.3, -0.25) is 0 Å². The van der Waals surface area contributed by atoms with Gasteiger partial charge in [-0.2, -0.15) is 0 Å². The number of hydrogen-bond acceptors (Lipinski definition) is 2. The average Bonchev–Trinajstić information content (AvgIpc) is 2.15. The summed E-state index contributed by atoms with van der Waals surface area (Å²) < 4.78 is 2.21. The van der Waals surface area contributed by atoms with E-state index in [0.29, 0.717) is 9.76 Å². The highest BCUT2D eigenvalue weighted by Gasteiger charge is 2.03. The van der Waals surface area contributed by atoms with Gasteiger partial charge in [-0.25, -0.2) is 4.68 Å². The van der Waals surface area contributed by atoms with Crippen molar-refractivity contribution < 1.29 is 0 Å². The molecule has 0 radical (unpaired) electrons. The van der Waals surface area contributed by atoms with Crippen LogP contribution in [0, 0.1) is 0 Å². The van der Waals surface area contributed by atoms with Crippen molar-refractivity contribution in [3.63, 3.8) is 0 Å². The third-order valence-corrected chi connectivity index (χ3v) is 2.07. The second kappa shape index (κ2) is 2.66. The number of aromatic nitrogens is 3. The van der Waals surface area contributed by atoms with Crippen LogP contribution in [0.4, 0.5) is 0 Å². The normalized spacial score (nSPS) is 10.1. The molecule has 1 heterocycles. The molecule has 9 heavy (non-hydrogen) atoms. The number of halogens is 2. The van der Waals surface area contributed by atoms with Crippen LogP contribution < -0.4 is 0 Å². The minimum atomic E-state index is 0.553. The van der Waals surface area contributed by atoms with Crippen LogP contribution in [-0.2, 0) is 6.54 Å². The van der Waals surface area contributed by atoms with Gasteiger partial charge in [0.05, 0.1) is 0 Å². The molecule has 0 unspecified atom stereocenters. The maximum atomic E-state index is 5.70. The molecule has 0 aromatic carbocycles. The van der Waals surface area contributed by atoms with E-state index in [1.54, 1.807) is 4.68 Å². The van der Waals surface area contributed by atoms with Gasteiger partial charge in [0, 0.05) is 6.54 Å². The molecule has 1 aromatic rings. The quantitative estimate of drug-likeness (QED) is 0.706. The zero-order valence-electron chi connectivity index (χ0n) is 4.80. The van der Waals surface area contributed by atoms with Gasteiger partial charge in [0.1, 0.15) is 0 Å². The lowest BCUT2D eigenvalue weighted by molar-refractivity contribution is 0.627. The molecule has 0 amide bonds. The first-order valence-electron chi connectivity index (χ1n) is 2.50. The molecule has 0 aliphatic heterocycles. The van der Waals surface area contributed by atoms with Crippen molar-refractivity contribution in [2.24, 2.45) is 0 Å². The lowest BCUT2D eigenvalue weighted by Gasteiger charge is -1.91. The Bertz CT molecular complexity index is 210. The van der Waals surface area contributed by atoms with E-state index in [-0.39, 0.29) is 0 Å². The molecule has 5 heteroatoms. The van der Waals surface area contributed by atoms with E-state index < -0.39 is 0 Å². The van der Waals surface area contributed by atoms with E-state index in [1.165, 1.54) is 0 Å². The fraction of sp³-hybridized carbons (Fsp3) is 0.500. The van der Waals surface area contributed by atoms with Gasteiger partial charge < -0.3 is 0 Å². The summed E-state index contributed by atoms with van der Waals surface area (Å²) in [5.74, 6) is 0. The summed E-state index contributed by atoms with van der Waals surface area (Å²) in [5.41, 5.74) is 0. The molecule has 0 saturated carbocycles. The number of aryl methyl sites for hydroxylation is 1. The van der Waals surface area contributed by atoms with Crippen molar-refractivity contribution in [2.75, 3.05) is 0 Å². The van der Waals surface area contributed by atoms with Crippen molar-refractivity contribution in [1.82, 2.24) is 15.0 Å². The molecule has 3 nitrogen and oxygen atoms in total. The van der Waals surface area contributed by atoms with Gasteiger partial charge in [0.2, 0.25) is 0 Å². The first-order chi connectivity index (χ1) is 4.25. The van der Waals surface area contributed by atoms with Crippen molar-refractivity contribution in [3.8, 4) is 0 Å². The smallest absolute Gasteiger partial charge is 0.167 e. The number of hydrogen-bond donors (Lipinski definition) is 0. The third-order valence-electron chi connectivity index (χ3n) is 0.937. The van der Waals surface area contributed by atoms with Gasteiger partial charge >= 0.3 is 0 Å². The molecule has 0 fully saturated rings.